The van der Waals surface area contributed by atoms with E-state index in [-0.39, 0.29) is 12.1 Å². The molecule has 2 N–H and O–H groups in total. The van der Waals surface area contributed by atoms with Crippen molar-refractivity contribution in [2.75, 3.05) is 19.6 Å². The lowest BCUT2D eigenvalue weighted by Crippen LogP contribution is -2.49. The first kappa shape index (κ1) is 19.2. The highest BCUT2D eigenvalue weighted by Gasteiger charge is 2.26. The molecule has 1 fully saturated rings. The average molecular weight is 313 g/mol. The molecule has 1 aliphatic heterocycles. The molecule has 0 bridgehead atoms. The first-order chi connectivity index (χ1) is 10.1. The van der Waals surface area contributed by atoms with E-state index in [1.807, 2.05) is 20.8 Å². The minimum absolute atomic E-state index is 0.0861. The van der Waals surface area contributed by atoms with Gasteiger partial charge in [0.1, 0.15) is 5.60 Å². The number of ether oxygens (including phenoxy) is 1. The fourth-order valence-electron chi connectivity index (χ4n) is 2.63. The molecule has 1 saturated heterocycles. The second-order valence-corrected chi connectivity index (χ2v) is 7.98. The number of carbonyl (C=O) groups is 1. The molecule has 1 rings (SSSR count). The van der Waals surface area contributed by atoms with Gasteiger partial charge in [0.2, 0.25) is 0 Å². The summed E-state index contributed by atoms with van der Waals surface area (Å²) in [5.74, 6) is 0.364. The summed E-state index contributed by atoms with van der Waals surface area (Å²) in [6, 6.07) is 1.21. The molecule has 22 heavy (non-hydrogen) atoms. The number of nitrogens with zero attached hydrogens (tertiary/aromatic N) is 1. The Hall–Kier alpha value is -0.810. The van der Waals surface area contributed by atoms with Crippen LogP contribution >= 0.6 is 0 Å². The van der Waals surface area contributed by atoms with E-state index in [9.17, 15) is 4.79 Å². The molecule has 2 atom stereocenters. The normalized spacial score (nSPS) is 21.4. The van der Waals surface area contributed by atoms with E-state index in [0.29, 0.717) is 18.0 Å². The molecule has 5 nitrogen and oxygen atoms in total. The van der Waals surface area contributed by atoms with Crippen LogP contribution in [0.1, 0.15) is 54.9 Å². The van der Waals surface area contributed by atoms with Crippen molar-refractivity contribution in [3.63, 3.8) is 0 Å². The van der Waals surface area contributed by atoms with E-state index >= 15 is 0 Å². The maximum atomic E-state index is 11.9. The number of hydrogen-bond donors (Lipinski definition) is 2. The van der Waals surface area contributed by atoms with Crippen LogP contribution in [-0.4, -0.2) is 54.4 Å². The van der Waals surface area contributed by atoms with Crippen LogP contribution < -0.4 is 10.6 Å². The van der Waals surface area contributed by atoms with Crippen LogP contribution in [0.25, 0.3) is 0 Å². The van der Waals surface area contributed by atoms with Crippen LogP contribution in [0.5, 0.6) is 0 Å². The predicted molar refractivity (Wildman–Crippen MR) is 91.1 cm³/mol. The highest BCUT2D eigenvalue weighted by molar-refractivity contribution is 5.68. The second-order valence-electron chi connectivity index (χ2n) is 7.98. The number of carbonyl (C=O) groups excluding carboxylic acids is 1. The first-order valence-electron chi connectivity index (χ1n) is 8.55. The molecule has 2 unspecified atom stereocenters. The van der Waals surface area contributed by atoms with Gasteiger partial charge in [-0.3, -0.25) is 4.90 Å². The maximum Gasteiger partial charge on any atom is 0.407 e. The minimum Gasteiger partial charge on any atom is -0.444 e. The molecule has 5 heteroatoms. The third-order valence-corrected chi connectivity index (χ3v) is 4.08. The van der Waals surface area contributed by atoms with Crippen molar-refractivity contribution in [1.82, 2.24) is 15.5 Å². The van der Waals surface area contributed by atoms with E-state index in [1.165, 1.54) is 6.42 Å². The second kappa shape index (κ2) is 8.16. The quantitative estimate of drug-likeness (QED) is 0.791. The van der Waals surface area contributed by atoms with Crippen molar-refractivity contribution in [1.29, 1.82) is 0 Å². The molecule has 0 aromatic heterocycles. The SMILES string of the molecule is CC(C)C(CNC1CCN(C(C)C)C1)NC(=O)OC(C)(C)C. The van der Waals surface area contributed by atoms with Gasteiger partial charge in [-0.05, 0) is 53.5 Å². The molecule has 0 saturated carbocycles. The van der Waals surface area contributed by atoms with Gasteiger partial charge in [0.15, 0.2) is 0 Å². The number of nitrogens with one attached hydrogen (secondary N) is 2. The smallest absolute Gasteiger partial charge is 0.407 e. The fraction of sp³-hybridized carbons (Fsp3) is 0.941. The highest BCUT2D eigenvalue weighted by atomic mass is 16.6. The van der Waals surface area contributed by atoms with E-state index in [4.69, 9.17) is 4.74 Å². The van der Waals surface area contributed by atoms with Gasteiger partial charge in [0.05, 0.1) is 0 Å². The van der Waals surface area contributed by atoms with Crippen molar-refractivity contribution >= 4 is 6.09 Å². The summed E-state index contributed by atoms with van der Waals surface area (Å²) >= 11 is 0. The Kier molecular flexibility index (Phi) is 7.13. The number of alkyl carbamates (subject to hydrolysis) is 1. The van der Waals surface area contributed by atoms with Crippen LogP contribution in [-0.2, 0) is 4.74 Å². The van der Waals surface area contributed by atoms with Crippen LogP contribution in [0.15, 0.2) is 0 Å². The number of likely N-dealkylation sites (tertiary alicyclic amines) is 1. The topological polar surface area (TPSA) is 53.6 Å². The zero-order chi connectivity index (χ0) is 16.9. The number of amides is 1. The first-order valence-corrected chi connectivity index (χ1v) is 8.55. The lowest BCUT2D eigenvalue weighted by atomic mass is 10.0. The van der Waals surface area contributed by atoms with Gasteiger partial charge in [-0.2, -0.15) is 0 Å². The van der Waals surface area contributed by atoms with Gasteiger partial charge in [-0.1, -0.05) is 13.8 Å². The average Bonchev–Trinajstić information content (AvgIpc) is 2.80. The van der Waals surface area contributed by atoms with Gasteiger partial charge in [-0.15, -0.1) is 0 Å². The van der Waals surface area contributed by atoms with Crippen molar-refractivity contribution in [3.05, 3.63) is 0 Å². The van der Waals surface area contributed by atoms with Gasteiger partial charge in [0.25, 0.3) is 0 Å². The molecular weight excluding hydrogens is 278 g/mol. The molecule has 0 aromatic rings. The zero-order valence-corrected chi connectivity index (χ0v) is 15.4. The van der Waals surface area contributed by atoms with Crippen molar-refractivity contribution in [2.24, 2.45) is 5.92 Å². The van der Waals surface area contributed by atoms with Crippen molar-refractivity contribution in [3.8, 4) is 0 Å². The number of hydrogen-bond acceptors (Lipinski definition) is 4. The fourth-order valence-corrected chi connectivity index (χ4v) is 2.63. The Morgan fingerprint density at radius 3 is 2.36 bits per heavy atom. The van der Waals surface area contributed by atoms with E-state index in [1.54, 1.807) is 0 Å². The van der Waals surface area contributed by atoms with E-state index in [2.05, 4.69) is 43.2 Å². The lowest BCUT2D eigenvalue weighted by Gasteiger charge is -2.27. The van der Waals surface area contributed by atoms with E-state index in [0.717, 1.165) is 19.6 Å². The lowest BCUT2D eigenvalue weighted by molar-refractivity contribution is 0.0489. The van der Waals surface area contributed by atoms with Crippen LogP contribution in [0.2, 0.25) is 0 Å². The maximum absolute atomic E-state index is 11.9. The standard InChI is InChI=1S/C17H35N3O2/c1-12(2)15(19-16(21)22-17(5,6)7)10-18-14-8-9-20(11-14)13(3)4/h12-15,18H,8-11H2,1-7H3,(H,19,21). The molecule has 1 heterocycles. The molecule has 0 aromatic carbocycles. The van der Waals surface area contributed by atoms with Gasteiger partial charge in [-0.25, -0.2) is 4.79 Å². The van der Waals surface area contributed by atoms with Crippen LogP contribution in [0.4, 0.5) is 4.79 Å². The molecular formula is C17H35N3O2. The number of rotatable bonds is 6. The molecule has 130 valence electrons. The third kappa shape index (κ3) is 6.97. The largest absolute Gasteiger partial charge is 0.444 e. The Bertz CT molecular complexity index is 350. The monoisotopic (exact) mass is 313 g/mol. The van der Waals surface area contributed by atoms with Gasteiger partial charge < -0.3 is 15.4 Å². The summed E-state index contributed by atoms with van der Waals surface area (Å²) < 4.78 is 5.35. The van der Waals surface area contributed by atoms with E-state index < -0.39 is 5.60 Å². The molecule has 1 amide bonds. The summed E-state index contributed by atoms with van der Waals surface area (Å²) in [5.41, 5.74) is -0.456. The Labute approximate surface area is 136 Å². The minimum atomic E-state index is -0.456. The molecule has 0 spiro atoms. The third-order valence-electron chi connectivity index (χ3n) is 4.08. The van der Waals surface area contributed by atoms with Gasteiger partial charge in [0, 0.05) is 31.2 Å². The predicted octanol–water partition coefficient (Wildman–Crippen LogP) is 2.61. The Morgan fingerprint density at radius 2 is 1.91 bits per heavy atom. The van der Waals surface area contributed by atoms with Gasteiger partial charge >= 0.3 is 6.09 Å². The Morgan fingerprint density at radius 1 is 1.27 bits per heavy atom. The summed E-state index contributed by atoms with van der Waals surface area (Å²) in [6.45, 7) is 17.4. The summed E-state index contributed by atoms with van der Waals surface area (Å²) in [7, 11) is 0. The zero-order valence-electron chi connectivity index (χ0n) is 15.4. The summed E-state index contributed by atoms with van der Waals surface area (Å²) in [5, 5.41) is 6.60. The Balaban J connectivity index is 2.40. The van der Waals surface area contributed by atoms with Crippen molar-refractivity contribution < 1.29 is 9.53 Å². The molecule has 0 radical (unpaired) electrons. The molecule has 0 aliphatic carbocycles. The van der Waals surface area contributed by atoms with Crippen molar-refractivity contribution in [2.45, 2.75) is 78.6 Å². The summed E-state index contributed by atoms with van der Waals surface area (Å²) in [6.07, 6.45) is 0.846. The molecule has 1 aliphatic rings. The highest BCUT2D eigenvalue weighted by Crippen LogP contribution is 2.13. The van der Waals surface area contributed by atoms with Crippen LogP contribution in [0.3, 0.4) is 0 Å². The summed E-state index contributed by atoms with van der Waals surface area (Å²) in [4.78, 5) is 14.4. The van der Waals surface area contributed by atoms with Crippen LogP contribution in [0, 0.1) is 5.92 Å².